The smallest absolute Gasteiger partial charge is 0.190 e. The second-order valence-electron chi connectivity index (χ2n) is 4.30. The second-order valence-corrected chi connectivity index (χ2v) is 4.30. The Labute approximate surface area is 82.8 Å². The van der Waals surface area contributed by atoms with E-state index in [1.165, 1.54) is 0 Å². The molecular formula is C10H14O4. The first-order valence-corrected chi connectivity index (χ1v) is 4.95. The van der Waals surface area contributed by atoms with E-state index in [1.54, 1.807) is 0 Å². The van der Waals surface area contributed by atoms with Crippen LogP contribution >= 0.6 is 0 Å². The second kappa shape index (κ2) is 2.79. The predicted molar refractivity (Wildman–Crippen MR) is 47.6 cm³/mol. The summed E-state index contributed by atoms with van der Waals surface area (Å²) in [4.78, 5) is 0. The van der Waals surface area contributed by atoms with Crippen LogP contribution in [0.2, 0.25) is 0 Å². The number of fused-ring (bicyclic) bond motifs is 3. The minimum Gasteiger partial charge on any atom is -0.368 e. The summed E-state index contributed by atoms with van der Waals surface area (Å²) >= 11 is 0. The van der Waals surface area contributed by atoms with Gasteiger partial charge in [-0.25, -0.2) is 0 Å². The molecule has 3 heterocycles. The van der Waals surface area contributed by atoms with Gasteiger partial charge in [-0.3, -0.25) is 0 Å². The normalized spacial score (nSPS) is 49.0. The first kappa shape index (κ1) is 8.85. The summed E-state index contributed by atoms with van der Waals surface area (Å²) in [5.41, 5.74) is 0. The van der Waals surface area contributed by atoms with Crippen molar-refractivity contribution < 1.29 is 18.9 Å². The molecule has 0 N–H and O–H groups in total. The number of hydrogen-bond donors (Lipinski definition) is 0. The van der Waals surface area contributed by atoms with Crippen molar-refractivity contribution >= 4 is 0 Å². The Bertz CT molecular complexity index is 273. The molecule has 3 aliphatic rings. The molecule has 78 valence electrons. The monoisotopic (exact) mass is 198 g/mol. The summed E-state index contributed by atoms with van der Waals surface area (Å²) in [5, 5.41) is 0. The maximum atomic E-state index is 5.74. The average Bonchev–Trinajstić information content (AvgIpc) is 2.56. The summed E-state index contributed by atoms with van der Waals surface area (Å²) in [7, 11) is 0. The van der Waals surface area contributed by atoms with Crippen LogP contribution in [0.5, 0.6) is 0 Å². The van der Waals surface area contributed by atoms with Gasteiger partial charge in [0.2, 0.25) is 0 Å². The van der Waals surface area contributed by atoms with Gasteiger partial charge in [0.25, 0.3) is 0 Å². The summed E-state index contributed by atoms with van der Waals surface area (Å²) in [5.74, 6) is -0.551. The Morgan fingerprint density at radius 1 is 1.21 bits per heavy atom. The zero-order valence-corrected chi connectivity index (χ0v) is 8.30. The lowest BCUT2D eigenvalue weighted by molar-refractivity contribution is -0.213. The lowest BCUT2D eigenvalue weighted by Crippen LogP contribution is -2.37. The molecule has 0 radical (unpaired) electrons. The van der Waals surface area contributed by atoms with E-state index < -0.39 is 5.79 Å². The minimum absolute atomic E-state index is 0.00477. The van der Waals surface area contributed by atoms with E-state index in [9.17, 15) is 0 Å². The van der Waals surface area contributed by atoms with E-state index in [0.717, 1.165) is 0 Å². The van der Waals surface area contributed by atoms with Crippen LogP contribution < -0.4 is 0 Å². The fourth-order valence-electron chi connectivity index (χ4n) is 2.21. The van der Waals surface area contributed by atoms with Crippen LogP contribution in [0.1, 0.15) is 13.8 Å². The first-order chi connectivity index (χ1) is 6.66. The highest BCUT2D eigenvalue weighted by molar-refractivity contribution is 5.06. The van der Waals surface area contributed by atoms with Gasteiger partial charge in [0.05, 0.1) is 6.61 Å². The van der Waals surface area contributed by atoms with Crippen LogP contribution in [0.25, 0.3) is 0 Å². The largest absolute Gasteiger partial charge is 0.368 e. The van der Waals surface area contributed by atoms with Crippen LogP contribution in [-0.4, -0.2) is 37.0 Å². The molecule has 4 atom stereocenters. The standard InChI is InChI=1S/C10H14O4/c1-10(2)13-8-7-6(4-3-5-11-7)12-9(8)14-10/h3-4,6-9H,5H2,1-2H3/t6-,7-,8-,9-/m1/s1. The van der Waals surface area contributed by atoms with Gasteiger partial charge in [0.15, 0.2) is 12.1 Å². The molecule has 4 nitrogen and oxygen atoms in total. The van der Waals surface area contributed by atoms with Crippen LogP contribution in [-0.2, 0) is 18.9 Å². The highest BCUT2D eigenvalue weighted by atomic mass is 16.8. The summed E-state index contributed by atoms with van der Waals surface area (Å²) < 4.78 is 22.6. The molecule has 2 fully saturated rings. The van der Waals surface area contributed by atoms with Gasteiger partial charge >= 0.3 is 0 Å². The molecular weight excluding hydrogens is 184 g/mol. The molecule has 0 aliphatic carbocycles. The molecule has 0 aromatic rings. The number of ether oxygens (including phenoxy) is 4. The van der Waals surface area contributed by atoms with Crippen molar-refractivity contribution in [3.8, 4) is 0 Å². The lowest BCUT2D eigenvalue weighted by Gasteiger charge is -2.26. The molecule has 0 spiro atoms. The zero-order valence-electron chi connectivity index (χ0n) is 8.30. The summed E-state index contributed by atoms with van der Waals surface area (Å²) in [6.07, 6.45) is 3.61. The Morgan fingerprint density at radius 3 is 2.93 bits per heavy atom. The van der Waals surface area contributed by atoms with E-state index in [1.807, 2.05) is 26.0 Å². The maximum Gasteiger partial charge on any atom is 0.190 e. The molecule has 0 bridgehead atoms. The van der Waals surface area contributed by atoms with Crippen molar-refractivity contribution in [1.29, 1.82) is 0 Å². The minimum atomic E-state index is -0.551. The topological polar surface area (TPSA) is 36.9 Å². The van der Waals surface area contributed by atoms with Crippen molar-refractivity contribution in [2.24, 2.45) is 0 Å². The molecule has 2 saturated heterocycles. The molecule has 3 aliphatic heterocycles. The highest BCUT2D eigenvalue weighted by Crippen LogP contribution is 2.39. The summed E-state index contributed by atoms with van der Waals surface area (Å²) in [6.45, 7) is 4.42. The molecule has 4 heteroatoms. The zero-order chi connectivity index (χ0) is 9.76. The first-order valence-electron chi connectivity index (χ1n) is 4.95. The van der Waals surface area contributed by atoms with Crippen LogP contribution in [0.15, 0.2) is 12.2 Å². The molecule has 3 rings (SSSR count). The lowest BCUT2D eigenvalue weighted by atomic mass is 10.1. The molecule has 0 saturated carbocycles. The Balaban J connectivity index is 1.82. The van der Waals surface area contributed by atoms with Crippen molar-refractivity contribution in [1.82, 2.24) is 0 Å². The van der Waals surface area contributed by atoms with Crippen molar-refractivity contribution in [2.75, 3.05) is 6.61 Å². The molecule has 0 amide bonds. The Hall–Kier alpha value is -0.420. The van der Waals surface area contributed by atoms with Gasteiger partial charge in [-0.2, -0.15) is 0 Å². The Morgan fingerprint density at radius 2 is 2.07 bits per heavy atom. The van der Waals surface area contributed by atoms with Gasteiger partial charge in [-0.15, -0.1) is 0 Å². The van der Waals surface area contributed by atoms with Gasteiger partial charge in [-0.1, -0.05) is 12.2 Å². The van der Waals surface area contributed by atoms with Crippen LogP contribution in [0.3, 0.4) is 0 Å². The fraction of sp³-hybridized carbons (Fsp3) is 0.800. The SMILES string of the molecule is CC1(C)O[C@H]2O[C@@H]3C=CCO[C@H]3[C@H]2O1. The third-order valence-corrected chi connectivity index (χ3v) is 2.74. The average molecular weight is 198 g/mol. The van der Waals surface area contributed by atoms with Crippen molar-refractivity contribution in [3.05, 3.63) is 12.2 Å². The maximum absolute atomic E-state index is 5.74. The highest BCUT2D eigenvalue weighted by Gasteiger charge is 2.55. The van der Waals surface area contributed by atoms with Crippen molar-refractivity contribution in [3.63, 3.8) is 0 Å². The molecule has 0 unspecified atom stereocenters. The van der Waals surface area contributed by atoms with Gasteiger partial charge in [0.1, 0.15) is 18.3 Å². The van der Waals surface area contributed by atoms with Gasteiger partial charge in [0, 0.05) is 0 Å². The molecule has 14 heavy (non-hydrogen) atoms. The third kappa shape index (κ3) is 1.22. The van der Waals surface area contributed by atoms with Gasteiger partial charge in [-0.05, 0) is 13.8 Å². The Kier molecular flexibility index (Phi) is 1.77. The molecule has 0 aromatic carbocycles. The van der Waals surface area contributed by atoms with E-state index >= 15 is 0 Å². The predicted octanol–water partition coefficient (Wildman–Crippen LogP) is 0.818. The number of hydrogen-bond acceptors (Lipinski definition) is 4. The van der Waals surface area contributed by atoms with Crippen LogP contribution in [0.4, 0.5) is 0 Å². The fourth-order valence-corrected chi connectivity index (χ4v) is 2.21. The van der Waals surface area contributed by atoms with E-state index in [2.05, 4.69) is 0 Å². The van der Waals surface area contributed by atoms with E-state index in [-0.39, 0.29) is 24.6 Å². The number of rotatable bonds is 0. The summed E-state index contributed by atoms with van der Waals surface area (Å²) in [6, 6.07) is 0. The molecule has 0 aromatic heterocycles. The van der Waals surface area contributed by atoms with Crippen molar-refractivity contribution in [2.45, 2.75) is 44.2 Å². The van der Waals surface area contributed by atoms with Gasteiger partial charge < -0.3 is 18.9 Å². The quantitative estimate of drug-likeness (QED) is 0.540. The van der Waals surface area contributed by atoms with E-state index in [4.69, 9.17) is 18.9 Å². The van der Waals surface area contributed by atoms with E-state index in [0.29, 0.717) is 6.61 Å². The third-order valence-electron chi connectivity index (χ3n) is 2.74. The van der Waals surface area contributed by atoms with Crippen LogP contribution in [0, 0.1) is 0 Å².